The molecular formula is C17H23ClN4O3S. The van der Waals surface area contributed by atoms with E-state index in [0.717, 1.165) is 10.6 Å². The van der Waals surface area contributed by atoms with Crippen molar-refractivity contribution in [1.29, 1.82) is 0 Å². The number of rotatable bonds is 7. The van der Waals surface area contributed by atoms with E-state index in [-0.39, 0.29) is 30.8 Å². The van der Waals surface area contributed by atoms with Gasteiger partial charge in [-0.1, -0.05) is 6.07 Å². The molecule has 3 N–H and O–H groups in total. The molecule has 0 atom stereocenters. The number of carbonyl (C=O) groups is 2. The number of aryl methyl sites for hydroxylation is 1. The maximum atomic E-state index is 12.4. The van der Waals surface area contributed by atoms with Gasteiger partial charge in [-0.2, -0.15) is 0 Å². The zero-order chi connectivity index (χ0) is 18.4. The van der Waals surface area contributed by atoms with E-state index in [1.807, 2.05) is 13.0 Å². The summed E-state index contributed by atoms with van der Waals surface area (Å²) in [7, 11) is 3.32. The third kappa shape index (κ3) is 5.98. The van der Waals surface area contributed by atoms with Crippen LogP contribution in [0.2, 0.25) is 0 Å². The number of hydrogen-bond donors (Lipinski definition) is 2. The van der Waals surface area contributed by atoms with E-state index in [4.69, 9.17) is 10.5 Å². The van der Waals surface area contributed by atoms with Crippen LogP contribution in [0, 0.1) is 6.92 Å². The second-order valence-corrected chi connectivity index (χ2v) is 6.64. The molecule has 2 amide bonds. The number of halogens is 1. The molecule has 0 aliphatic rings. The Morgan fingerprint density at radius 2 is 2.08 bits per heavy atom. The highest BCUT2D eigenvalue weighted by Crippen LogP contribution is 2.26. The lowest BCUT2D eigenvalue weighted by Crippen LogP contribution is -2.27. The van der Waals surface area contributed by atoms with Crippen molar-refractivity contribution in [2.75, 3.05) is 32.6 Å². The fraction of sp³-hybridized carbons (Fsp3) is 0.353. The van der Waals surface area contributed by atoms with Crippen LogP contribution in [0.4, 0.5) is 5.69 Å². The first-order valence-corrected chi connectivity index (χ1v) is 8.68. The molecule has 0 unspecified atom stereocenters. The first-order valence-electron chi connectivity index (χ1n) is 7.80. The number of anilines is 1. The molecule has 0 fully saturated rings. The Bertz CT molecular complexity index is 764. The van der Waals surface area contributed by atoms with E-state index in [1.54, 1.807) is 31.6 Å². The van der Waals surface area contributed by atoms with Gasteiger partial charge in [0.15, 0.2) is 6.61 Å². The largest absolute Gasteiger partial charge is 0.482 e. The lowest BCUT2D eigenvalue weighted by atomic mass is 10.2. The number of amides is 2. The Hall–Kier alpha value is -2.16. The van der Waals surface area contributed by atoms with E-state index >= 15 is 0 Å². The molecule has 0 aliphatic carbocycles. The van der Waals surface area contributed by atoms with Crippen molar-refractivity contribution >= 4 is 41.2 Å². The highest BCUT2D eigenvalue weighted by molar-refractivity contribution is 7.09. The summed E-state index contributed by atoms with van der Waals surface area (Å²) in [6.45, 7) is 2.30. The van der Waals surface area contributed by atoms with Gasteiger partial charge in [-0.25, -0.2) is 4.98 Å². The molecule has 9 heteroatoms. The first kappa shape index (κ1) is 21.9. The highest BCUT2D eigenvalue weighted by Gasteiger charge is 2.15. The van der Waals surface area contributed by atoms with Crippen molar-refractivity contribution in [1.82, 2.24) is 9.88 Å². The maximum absolute atomic E-state index is 12.4. The summed E-state index contributed by atoms with van der Waals surface area (Å²) in [5.74, 6) is -0.0437. The number of carbonyl (C=O) groups excluding carboxylic acids is 2. The van der Waals surface area contributed by atoms with Crippen molar-refractivity contribution < 1.29 is 14.3 Å². The summed E-state index contributed by atoms with van der Waals surface area (Å²) in [6, 6.07) is 5.38. The minimum Gasteiger partial charge on any atom is -0.482 e. The van der Waals surface area contributed by atoms with Crippen molar-refractivity contribution in [3.8, 4) is 5.75 Å². The smallest absolute Gasteiger partial charge is 0.275 e. The van der Waals surface area contributed by atoms with Crippen LogP contribution in [-0.2, 0) is 11.2 Å². The second-order valence-electron chi connectivity index (χ2n) is 5.70. The van der Waals surface area contributed by atoms with E-state index in [9.17, 15) is 9.59 Å². The molecule has 0 saturated heterocycles. The molecule has 0 aliphatic heterocycles. The van der Waals surface area contributed by atoms with Crippen molar-refractivity contribution in [3.05, 3.63) is 39.8 Å². The Kier molecular flexibility index (Phi) is 8.50. The van der Waals surface area contributed by atoms with Gasteiger partial charge >= 0.3 is 0 Å². The van der Waals surface area contributed by atoms with Crippen LogP contribution < -0.4 is 15.8 Å². The Morgan fingerprint density at radius 3 is 2.73 bits per heavy atom. The topological polar surface area (TPSA) is 97.5 Å². The Morgan fingerprint density at radius 1 is 1.35 bits per heavy atom. The van der Waals surface area contributed by atoms with Gasteiger partial charge in [0.2, 0.25) is 0 Å². The number of nitrogens with one attached hydrogen (secondary N) is 1. The summed E-state index contributed by atoms with van der Waals surface area (Å²) >= 11 is 1.40. The van der Waals surface area contributed by atoms with E-state index in [1.165, 1.54) is 16.2 Å². The lowest BCUT2D eigenvalue weighted by molar-refractivity contribution is -0.130. The van der Waals surface area contributed by atoms with Crippen molar-refractivity contribution in [2.24, 2.45) is 5.73 Å². The molecule has 0 saturated carbocycles. The van der Waals surface area contributed by atoms with Gasteiger partial charge in [0.25, 0.3) is 11.8 Å². The predicted molar refractivity (Wildman–Crippen MR) is 105 cm³/mol. The average Bonchev–Trinajstić information content (AvgIpc) is 3.03. The molecular weight excluding hydrogens is 376 g/mol. The zero-order valence-electron chi connectivity index (χ0n) is 14.9. The minimum atomic E-state index is -0.327. The van der Waals surface area contributed by atoms with Gasteiger partial charge < -0.3 is 20.7 Å². The summed E-state index contributed by atoms with van der Waals surface area (Å²) in [5, 5.41) is 5.31. The number of nitrogens with zero attached hydrogens (tertiary/aromatic N) is 2. The zero-order valence-corrected chi connectivity index (χ0v) is 16.6. The number of nitrogens with two attached hydrogens (primary N) is 1. The van der Waals surface area contributed by atoms with Gasteiger partial charge in [0, 0.05) is 25.9 Å². The quantitative estimate of drug-likeness (QED) is 0.744. The minimum absolute atomic E-state index is 0. The lowest BCUT2D eigenvalue weighted by Gasteiger charge is -2.15. The second kappa shape index (κ2) is 10.1. The van der Waals surface area contributed by atoms with Gasteiger partial charge in [0.1, 0.15) is 11.4 Å². The van der Waals surface area contributed by atoms with Crippen LogP contribution in [0.5, 0.6) is 5.75 Å². The Labute approximate surface area is 163 Å². The number of ether oxygens (including phenoxy) is 1. The monoisotopic (exact) mass is 398 g/mol. The van der Waals surface area contributed by atoms with Crippen LogP contribution in [0.25, 0.3) is 0 Å². The van der Waals surface area contributed by atoms with Crippen molar-refractivity contribution in [3.63, 3.8) is 0 Å². The Balaban J connectivity index is 0.00000338. The number of aromatic nitrogens is 1. The fourth-order valence-electron chi connectivity index (χ4n) is 1.96. The van der Waals surface area contributed by atoms with Crippen LogP contribution in [0.15, 0.2) is 23.6 Å². The van der Waals surface area contributed by atoms with Crippen LogP contribution in [-0.4, -0.2) is 48.9 Å². The normalized spacial score (nSPS) is 10.0. The van der Waals surface area contributed by atoms with E-state index in [2.05, 4.69) is 10.3 Å². The van der Waals surface area contributed by atoms with Gasteiger partial charge in [0.05, 0.1) is 10.7 Å². The number of hydrogen-bond acceptors (Lipinski definition) is 6. The molecule has 1 aromatic heterocycles. The number of likely N-dealkylation sites (N-methyl/N-ethyl adjacent to an activating group) is 1. The first-order chi connectivity index (χ1) is 11.9. The van der Waals surface area contributed by atoms with Gasteiger partial charge in [-0.15, -0.1) is 23.7 Å². The van der Waals surface area contributed by atoms with Crippen LogP contribution in [0.1, 0.15) is 21.1 Å². The van der Waals surface area contributed by atoms with E-state index < -0.39 is 0 Å². The molecule has 1 aromatic carbocycles. The summed E-state index contributed by atoms with van der Waals surface area (Å²) in [6.07, 6.45) is 0.642. The summed E-state index contributed by atoms with van der Waals surface area (Å²) in [5.41, 5.74) is 7.30. The van der Waals surface area contributed by atoms with Gasteiger partial charge in [-0.05, 0) is 31.2 Å². The number of thiazole rings is 1. The molecule has 0 spiro atoms. The highest BCUT2D eigenvalue weighted by atomic mass is 35.5. The number of benzene rings is 1. The standard InChI is InChI=1S/C17H22N4O3S.ClH/c1-11-4-5-12(14(8-11)24-9-16(22)21(2)3)20-17(23)13-10-25-15(19-13)6-7-18;/h4-5,8,10H,6-7,9,18H2,1-3H3,(H,20,23);1H. The summed E-state index contributed by atoms with van der Waals surface area (Å²) < 4.78 is 5.58. The van der Waals surface area contributed by atoms with E-state index in [0.29, 0.717) is 30.1 Å². The van der Waals surface area contributed by atoms with Crippen LogP contribution >= 0.6 is 23.7 Å². The predicted octanol–water partition coefficient (Wildman–Crippen LogP) is 2.09. The third-order valence-corrected chi connectivity index (χ3v) is 4.29. The molecule has 0 radical (unpaired) electrons. The molecule has 1 heterocycles. The average molecular weight is 399 g/mol. The molecule has 26 heavy (non-hydrogen) atoms. The SMILES string of the molecule is Cc1ccc(NC(=O)c2csc(CCN)n2)c(OCC(=O)N(C)C)c1.Cl. The molecule has 2 aromatic rings. The van der Waals surface area contributed by atoms with Gasteiger partial charge in [-0.3, -0.25) is 9.59 Å². The summed E-state index contributed by atoms with van der Waals surface area (Å²) in [4.78, 5) is 29.8. The van der Waals surface area contributed by atoms with Crippen molar-refractivity contribution in [2.45, 2.75) is 13.3 Å². The molecule has 0 bridgehead atoms. The fourth-order valence-corrected chi connectivity index (χ4v) is 2.75. The maximum Gasteiger partial charge on any atom is 0.275 e. The molecule has 2 rings (SSSR count). The molecule has 7 nitrogen and oxygen atoms in total. The molecule has 142 valence electrons. The van der Waals surface area contributed by atoms with Crippen LogP contribution in [0.3, 0.4) is 0 Å². The third-order valence-electron chi connectivity index (χ3n) is 3.38.